The summed E-state index contributed by atoms with van der Waals surface area (Å²) in [4.78, 5) is 20.1. The van der Waals surface area contributed by atoms with Gasteiger partial charge in [0.05, 0.1) is 26.8 Å². The van der Waals surface area contributed by atoms with Crippen LogP contribution in [0.2, 0.25) is 5.02 Å². The van der Waals surface area contributed by atoms with Gasteiger partial charge in [-0.3, -0.25) is 0 Å². The van der Waals surface area contributed by atoms with E-state index in [0.717, 1.165) is 15.7 Å². The Morgan fingerprint density at radius 1 is 1.21 bits per heavy atom. The maximum Gasteiger partial charge on any atom is 0.335 e. The molecule has 0 saturated heterocycles. The third-order valence-corrected chi connectivity index (χ3v) is 4.87. The lowest BCUT2D eigenvalue weighted by Crippen LogP contribution is -1.99. The summed E-state index contributed by atoms with van der Waals surface area (Å²) in [5, 5.41) is 13.7. The molecule has 0 amide bonds. The molecule has 0 fully saturated rings. The van der Waals surface area contributed by atoms with Crippen molar-refractivity contribution in [1.82, 2.24) is 14.5 Å². The maximum absolute atomic E-state index is 11.1. The SMILES string of the molecule is Cn1c(Nc2nc3ccc(Cl)cc3s2)nc2ccc(C(=O)O)cc21. The van der Waals surface area contributed by atoms with Crippen LogP contribution in [0.25, 0.3) is 21.3 Å². The zero-order valence-corrected chi connectivity index (χ0v) is 14.0. The molecule has 0 atom stereocenters. The molecule has 2 heterocycles. The van der Waals surface area contributed by atoms with Crippen LogP contribution < -0.4 is 5.32 Å². The first kappa shape index (κ1) is 14.9. The third kappa shape index (κ3) is 2.47. The molecule has 8 heteroatoms. The molecule has 6 nitrogen and oxygen atoms in total. The fourth-order valence-electron chi connectivity index (χ4n) is 2.48. The minimum Gasteiger partial charge on any atom is -0.478 e. The number of hydrogen-bond acceptors (Lipinski definition) is 5. The number of hydrogen-bond donors (Lipinski definition) is 2. The number of anilines is 2. The first-order valence-corrected chi connectivity index (χ1v) is 8.23. The van der Waals surface area contributed by atoms with Gasteiger partial charge in [0, 0.05) is 12.1 Å². The second-order valence-corrected chi connectivity index (χ2v) is 6.73. The van der Waals surface area contributed by atoms with Gasteiger partial charge in [-0.1, -0.05) is 22.9 Å². The topological polar surface area (TPSA) is 80.0 Å². The van der Waals surface area contributed by atoms with Crippen LogP contribution in [0.15, 0.2) is 36.4 Å². The van der Waals surface area contributed by atoms with E-state index in [1.165, 1.54) is 11.3 Å². The zero-order chi connectivity index (χ0) is 16.8. The van der Waals surface area contributed by atoms with Gasteiger partial charge in [0.15, 0.2) is 5.13 Å². The molecule has 2 aromatic carbocycles. The highest BCUT2D eigenvalue weighted by Gasteiger charge is 2.13. The average Bonchev–Trinajstić information content (AvgIpc) is 3.08. The van der Waals surface area contributed by atoms with Crippen LogP contribution >= 0.6 is 22.9 Å². The zero-order valence-electron chi connectivity index (χ0n) is 12.4. The third-order valence-electron chi connectivity index (χ3n) is 3.70. The number of nitrogens with one attached hydrogen (secondary N) is 1. The number of nitrogens with zero attached hydrogens (tertiary/aromatic N) is 3. The molecule has 0 aliphatic heterocycles. The monoisotopic (exact) mass is 358 g/mol. The first-order valence-electron chi connectivity index (χ1n) is 7.04. The fourth-order valence-corrected chi connectivity index (χ4v) is 3.62. The quantitative estimate of drug-likeness (QED) is 0.571. The Morgan fingerprint density at radius 2 is 2.00 bits per heavy atom. The van der Waals surface area contributed by atoms with Gasteiger partial charge in [-0.2, -0.15) is 0 Å². The summed E-state index contributed by atoms with van der Waals surface area (Å²) in [6, 6.07) is 10.4. The molecular formula is C16H11ClN4O2S. The van der Waals surface area contributed by atoms with Crippen LogP contribution in [-0.4, -0.2) is 25.6 Å². The molecule has 0 aliphatic carbocycles. The number of thiazole rings is 1. The van der Waals surface area contributed by atoms with E-state index >= 15 is 0 Å². The molecule has 24 heavy (non-hydrogen) atoms. The Morgan fingerprint density at radius 3 is 2.79 bits per heavy atom. The van der Waals surface area contributed by atoms with E-state index in [-0.39, 0.29) is 5.56 Å². The number of carboxylic acids is 1. The van der Waals surface area contributed by atoms with Crippen LogP contribution in [0.5, 0.6) is 0 Å². The van der Waals surface area contributed by atoms with Crippen LogP contribution in [0, 0.1) is 0 Å². The van der Waals surface area contributed by atoms with Crippen molar-refractivity contribution in [1.29, 1.82) is 0 Å². The number of benzene rings is 2. The van der Waals surface area contributed by atoms with Crippen molar-refractivity contribution in [2.24, 2.45) is 7.05 Å². The van der Waals surface area contributed by atoms with Crippen molar-refractivity contribution in [3.05, 3.63) is 47.0 Å². The lowest BCUT2D eigenvalue weighted by molar-refractivity contribution is 0.0697. The minimum absolute atomic E-state index is 0.228. The second kappa shape index (κ2) is 5.47. The number of aromatic nitrogens is 3. The summed E-state index contributed by atoms with van der Waals surface area (Å²) in [6.45, 7) is 0. The van der Waals surface area contributed by atoms with Gasteiger partial charge in [0.2, 0.25) is 5.95 Å². The Kier molecular flexibility index (Phi) is 3.40. The number of imidazole rings is 1. The van der Waals surface area contributed by atoms with Crippen molar-refractivity contribution in [2.45, 2.75) is 0 Å². The maximum atomic E-state index is 11.1. The Balaban J connectivity index is 1.75. The number of fused-ring (bicyclic) bond motifs is 2. The molecule has 4 aromatic rings. The van der Waals surface area contributed by atoms with Crippen LogP contribution in [-0.2, 0) is 7.05 Å². The smallest absolute Gasteiger partial charge is 0.335 e. The van der Waals surface area contributed by atoms with E-state index in [1.807, 2.05) is 19.2 Å². The number of carboxylic acid groups (broad SMARTS) is 1. The van der Waals surface area contributed by atoms with E-state index < -0.39 is 5.97 Å². The highest BCUT2D eigenvalue weighted by molar-refractivity contribution is 7.22. The van der Waals surface area contributed by atoms with E-state index in [9.17, 15) is 4.79 Å². The van der Waals surface area contributed by atoms with Crippen molar-refractivity contribution in [3.8, 4) is 0 Å². The van der Waals surface area contributed by atoms with Gasteiger partial charge >= 0.3 is 5.97 Å². The van der Waals surface area contributed by atoms with Crippen molar-refractivity contribution in [2.75, 3.05) is 5.32 Å². The number of halogens is 1. The molecular weight excluding hydrogens is 348 g/mol. The lowest BCUT2D eigenvalue weighted by atomic mass is 10.2. The van der Waals surface area contributed by atoms with Gasteiger partial charge in [-0.05, 0) is 36.4 Å². The van der Waals surface area contributed by atoms with Gasteiger partial charge in [0.1, 0.15) is 0 Å². The minimum atomic E-state index is -0.962. The Labute approximate surface area is 145 Å². The highest BCUT2D eigenvalue weighted by atomic mass is 35.5. The highest BCUT2D eigenvalue weighted by Crippen LogP contribution is 2.30. The van der Waals surface area contributed by atoms with Gasteiger partial charge in [0.25, 0.3) is 0 Å². The van der Waals surface area contributed by atoms with Crippen LogP contribution in [0.3, 0.4) is 0 Å². The van der Waals surface area contributed by atoms with E-state index in [0.29, 0.717) is 21.6 Å². The Hall–Kier alpha value is -2.64. The molecule has 0 aliphatic rings. The summed E-state index contributed by atoms with van der Waals surface area (Å²) in [5.41, 5.74) is 2.54. The van der Waals surface area contributed by atoms with E-state index in [1.54, 1.807) is 28.8 Å². The number of carbonyl (C=O) groups is 1. The van der Waals surface area contributed by atoms with Crippen molar-refractivity contribution < 1.29 is 9.90 Å². The molecule has 0 bridgehead atoms. The molecule has 2 N–H and O–H groups in total. The number of rotatable bonds is 3. The molecule has 2 aromatic heterocycles. The van der Waals surface area contributed by atoms with Gasteiger partial charge < -0.3 is 15.0 Å². The summed E-state index contributed by atoms with van der Waals surface area (Å²) in [5.74, 6) is -0.367. The van der Waals surface area contributed by atoms with Crippen molar-refractivity contribution >= 4 is 61.2 Å². The van der Waals surface area contributed by atoms with Crippen LogP contribution in [0.1, 0.15) is 10.4 Å². The predicted octanol–water partition coefficient (Wildman–Crippen LogP) is 4.28. The van der Waals surface area contributed by atoms with Gasteiger partial charge in [-0.25, -0.2) is 14.8 Å². The second-order valence-electron chi connectivity index (χ2n) is 5.26. The lowest BCUT2D eigenvalue weighted by Gasteiger charge is -2.02. The summed E-state index contributed by atoms with van der Waals surface area (Å²) >= 11 is 7.48. The molecule has 4 rings (SSSR count). The molecule has 0 saturated carbocycles. The van der Waals surface area contributed by atoms with E-state index in [2.05, 4.69) is 15.3 Å². The van der Waals surface area contributed by atoms with Crippen LogP contribution in [0.4, 0.5) is 11.1 Å². The van der Waals surface area contributed by atoms with Crippen molar-refractivity contribution in [3.63, 3.8) is 0 Å². The average molecular weight is 359 g/mol. The number of aromatic carboxylic acids is 1. The number of aryl methyl sites for hydroxylation is 1. The normalized spacial score (nSPS) is 11.2. The largest absolute Gasteiger partial charge is 0.478 e. The standard InChI is InChI=1S/C16H11ClN4O2S/c1-21-12-6-8(14(22)23)2-4-10(12)18-15(21)20-16-19-11-5-3-9(17)7-13(11)24-16/h2-7H,1H3,(H,22,23)(H,18,19,20). The fraction of sp³-hybridized carbons (Fsp3) is 0.0625. The molecule has 0 spiro atoms. The molecule has 0 unspecified atom stereocenters. The molecule has 0 radical (unpaired) electrons. The summed E-state index contributed by atoms with van der Waals surface area (Å²) < 4.78 is 2.79. The molecule has 120 valence electrons. The van der Waals surface area contributed by atoms with Gasteiger partial charge in [-0.15, -0.1) is 0 Å². The summed E-state index contributed by atoms with van der Waals surface area (Å²) in [7, 11) is 1.83. The Bertz CT molecular complexity index is 1100. The van der Waals surface area contributed by atoms with E-state index in [4.69, 9.17) is 16.7 Å². The first-order chi connectivity index (χ1) is 11.5. The predicted molar refractivity (Wildman–Crippen MR) is 95.6 cm³/mol. The summed E-state index contributed by atoms with van der Waals surface area (Å²) in [6.07, 6.45) is 0.